The van der Waals surface area contributed by atoms with Gasteiger partial charge in [-0.15, -0.1) is 11.6 Å². The number of anilines is 1. The molecule has 2 heterocycles. The number of aryl methyl sites for hydroxylation is 1. The highest BCUT2D eigenvalue weighted by atomic mass is 79.9. The average molecular weight is 306 g/mol. The van der Waals surface area contributed by atoms with E-state index in [9.17, 15) is 0 Å². The predicted molar refractivity (Wildman–Crippen MR) is 69.3 cm³/mol. The highest BCUT2D eigenvalue weighted by molar-refractivity contribution is 9.10. The van der Waals surface area contributed by atoms with Crippen molar-refractivity contribution in [2.24, 2.45) is 0 Å². The highest BCUT2D eigenvalue weighted by Gasteiger charge is 2.21. The van der Waals surface area contributed by atoms with Gasteiger partial charge in [0, 0.05) is 23.8 Å². The molecule has 5 heteroatoms. The monoisotopic (exact) mass is 304 g/mol. The van der Waals surface area contributed by atoms with E-state index in [0.717, 1.165) is 23.4 Å². The first-order valence-corrected chi connectivity index (χ1v) is 6.58. The van der Waals surface area contributed by atoms with E-state index in [-0.39, 0.29) is 6.10 Å². The zero-order chi connectivity index (χ0) is 11.5. The van der Waals surface area contributed by atoms with Crippen molar-refractivity contribution >= 4 is 33.3 Å². The van der Waals surface area contributed by atoms with Crippen molar-refractivity contribution in [3.8, 4) is 0 Å². The zero-order valence-corrected chi connectivity index (χ0v) is 11.5. The molecule has 0 spiro atoms. The summed E-state index contributed by atoms with van der Waals surface area (Å²) >= 11 is 9.24. The van der Waals surface area contributed by atoms with Crippen LogP contribution in [0.2, 0.25) is 0 Å². The first-order chi connectivity index (χ1) is 7.70. The lowest BCUT2D eigenvalue weighted by Crippen LogP contribution is -2.44. The lowest BCUT2D eigenvalue weighted by molar-refractivity contribution is 0.0551. The van der Waals surface area contributed by atoms with E-state index in [4.69, 9.17) is 16.3 Å². The third-order valence-electron chi connectivity index (χ3n) is 2.63. The quantitative estimate of drug-likeness (QED) is 0.785. The topological polar surface area (TPSA) is 25.4 Å². The molecule has 0 aliphatic carbocycles. The zero-order valence-electron chi connectivity index (χ0n) is 9.12. The molecule has 2 rings (SSSR count). The van der Waals surface area contributed by atoms with Crippen molar-refractivity contribution in [1.29, 1.82) is 0 Å². The van der Waals surface area contributed by atoms with E-state index in [1.54, 1.807) is 0 Å². The fourth-order valence-corrected chi connectivity index (χ4v) is 2.50. The summed E-state index contributed by atoms with van der Waals surface area (Å²) in [6.45, 7) is 4.48. The van der Waals surface area contributed by atoms with E-state index >= 15 is 0 Å². The summed E-state index contributed by atoms with van der Waals surface area (Å²) in [5.41, 5.74) is 1.17. The van der Waals surface area contributed by atoms with Crippen molar-refractivity contribution < 1.29 is 4.74 Å². The van der Waals surface area contributed by atoms with Gasteiger partial charge in [0.2, 0.25) is 0 Å². The number of morpholine rings is 1. The SMILES string of the molecule is Cc1cc(Br)cnc1N1CCOC(CCl)C1. The standard InChI is InChI=1S/C11H14BrClN2O/c1-8-4-9(12)6-14-11(8)15-2-3-16-10(5-13)7-15/h4,6,10H,2-3,5,7H2,1H3. The third kappa shape index (κ3) is 2.67. The van der Waals surface area contributed by atoms with Crippen LogP contribution in [0.3, 0.4) is 0 Å². The van der Waals surface area contributed by atoms with Crippen LogP contribution >= 0.6 is 27.5 Å². The van der Waals surface area contributed by atoms with Gasteiger partial charge in [-0.25, -0.2) is 4.98 Å². The Kier molecular flexibility index (Phi) is 4.05. The second-order valence-electron chi connectivity index (χ2n) is 3.89. The van der Waals surface area contributed by atoms with E-state index in [1.165, 1.54) is 5.56 Å². The van der Waals surface area contributed by atoms with Gasteiger partial charge in [-0.05, 0) is 34.5 Å². The number of rotatable bonds is 2. The fraction of sp³-hybridized carbons (Fsp3) is 0.545. The second-order valence-corrected chi connectivity index (χ2v) is 5.11. The molecule has 0 saturated carbocycles. The molecule has 3 nitrogen and oxygen atoms in total. The van der Waals surface area contributed by atoms with E-state index in [0.29, 0.717) is 12.5 Å². The molecule has 16 heavy (non-hydrogen) atoms. The van der Waals surface area contributed by atoms with Crippen LogP contribution < -0.4 is 4.90 Å². The minimum absolute atomic E-state index is 0.111. The Labute approximate surface area is 109 Å². The molecule has 0 amide bonds. The summed E-state index contributed by atoms with van der Waals surface area (Å²) in [4.78, 5) is 6.69. The van der Waals surface area contributed by atoms with Gasteiger partial charge in [0.05, 0.1) is 18.6 Å². The minimum atomic E-state index is 0.111. The van der Waals surface area contributed by atoms with Gasteiger partial charge in [-0.1, -0.05) is 0 Å². The van der Waals surface area contributed by atoms with Crippen LogP contribution in [0.15, 0.2) is 16.7 Å². The van der Waals surface area contributed by atoms with Crippen LogP contribution in [0.4, 0.5) is 5.82 Å². The van der Waals surface area contributed by atoms with E-state index in [2.05, 4.69) is 38.8 Å². The normalized spacial score (nSPS) is 21.2. The summed E-state index contributed by atoms with van der Waals surface area (Å²) in [6.07, 6.45) is 1.94. The fourth-order valence-electron chi connectivity index (χ4n) is 1.87. The molecule has 0 N–H and O–H groups in total. The molecule has 1 fully saturated rings. The summed E-state index contributed by atoms with van der Waals surface area (Å²) in [5.74, 6) is 1.56. The number of halogens is 2. The van der Waals surface area contributed by atoms with Crippen molar-refractivity contribution in [1.82, 2.24) is 4.98 Å². The number of ether oxygens (including phenoxy) is 1. The molecule has 1 aliphatic rings. The molecular formula is C11H14BrClN2O. The largest absolute Gasteiger partial charge is 0.373 e. The van der Waals surface area contributed by atoms with Gasteiger partial charge in [-0.2, -0.15) is 0 Å². The molecule has 1 atom stereocenters. The molecule has 1 unspecified atom stereocenters. The molecule has 88 valence electrons. The van der Waals surface area contributed by atoms with Crippen LogP contribution in [0.5, 0.6) is 0 Å². The maximum Gasteiger partial charge on any atom is 0.131 e. The van der Waals surface area contributed by atoms with Crippen LogP contribution in [-0.2, 0) is 4.74 Å². The number of alkyl halides is 1. The summed E-state index contributed by atoms with van der Waals surface area (Å²) < 4.78 is 6.54. The predicted octanol–water partition coefficient (Wildman–Crippen LogP) is 2.60. The van der Waals surface area contributed by atoms with Crippen LogP contribution in [0.1, 0.15) is 5.56 Å². The lowest BCUT2D eigenvalue weighted by Gasteiger charge is -2.33. The maximum atomic E-state index is 5.82. The Hall–Kier alpha value is -0.320. The minimum Gasteiger partial charge on any atom is -0.373 e. The van der Waals surface area contributed by atoms with Crippen molar-refractivity contribution in [3.05, 3.63) is 22.3 Å². The Balaban J connectivity index is 2.16. The molecule has 1 saturated heterocycles. The first-order valence-electron chi connectivity index (χ1n) is 5.25. The summed E-state index contributed by atoms with van der Waals surface area (Å²) in [6, 6.07) is 2.08. The van der Waals surface area contributed by atoms with Gasteiger partial charge in [-0.3, -0.25) is 0 Å². The van der Waals surface area contributed by atoms with Gasteiger partial charge in [0.15, 0.2) is 0 Å². The van der Waals surface area contributed by atoms with E-state index < -0.39 is 0 Å². The van der Waals surface area contributed by atoms with E-state index in [1.807, 2.05) is 6.20 Å². The van der Waals surface area contributed by atoms with Crippen LogP contribution in [-0.4, -0.2) is 36.7 Å². The average Bonchev–Trinajstić information content (AvgIpc) is 2.29. The molecule has 0 aromatic carbocycles. The third-order valence-corrected chi connectivity index (χ3v) is 3.41. The molecule has 0 radical (unpaired) electrons. The Morgan fingerprint density at radius 1 is 1.69 bits per heavy atom. The molecule has 1 aromatic heterocycles. The smallest absolute Gasteiger partial charge is 0.131 e. The molecular weight excluding hydrogens is 291 g/mol. The van der Waals surface area contributed by atoms with Crippen molar-refractivity contribution in [2.45, 2.75) is 13.0 Å². The Bertz CT molecular complexity index is 375. The molecule has 0 bridgehead atoms. The number of nitrogens with zero attached hydrogens (tertiary/aromatic N) is 2. The molecule has 1 aromatic rings. The van der Waals surface area contributed by atoms with Gasteiger partial charge in [0.25, 0.3) is 0 Å². The highest BCUT2D eigenvalue weighted by Crippen LogP contribution is 2.22. The second kappa shape index (κ2) is 5.34. The first kappa shape index (κ1) is 12.1. The van der Waals surface area contributed by atoms with Crippen molar-refractivity contribution in [2.75, 3.05) is 30.5 Å². The Morgan fingerprint density at radius 3 is 3.19 bits per heavy atom. The van der Waals surface area contributed by atoms with Crippen molar-refractivity contribution in [3.63, 3.8) is 0 Å². The van der Waals surface area contributed by atoms with Gasteiger partial charge < -0.3 is 9.64 Å². The number of pyridine rings is 1. The summed E-state index contributed by atoms with van der Waals surface area (Å²) in [5, 5.41) is 0. The Morgan fingerprint density at radius 2 is 2.50 bits per heavy atom. The van der Waals surface area contributed by atoms with Gasteiger partial charge >= 0.3 is 0 Å². The number of aromatic nitrogens is 1. The van der Waals surface area contributed by atoms with Crippen LogP contribution in [0, 0.1) is 6.92 Å². The lowest BCUT2D eigenvalue weighted by atomic mass is 10.2. The maximum absolute atomic E-state index is 5.82. The number of hydrogen-bond acceptors (Lipinski definition) is 3. The number of hydrogen-bond donors (Lipinski definition) is 0. The molecule has 1 aliphatic heterocycles. The summed E-state index contributed by atoms with van der Waals surface area (Å²) in [7, 11) is 0. The van der Waals surface area contributed by atoms with Gasteiger partial charge in [0.1, 0.15) is 5.82 Å². The van der Waals surface area contributed by atoms with Crippen LogP contribution in [0.25, 0.3) is 0 Å².